The Hall–Kier alpha value is -9.24. The van der Waals surface area contributed by atoms with Gasteiger partial charge in [0, 0.05) is 19.3 Å². The van der Waals surface area contributed by atoms with Crippen LogP contribution in [0.4, 0.5) is 52.2 Å². The molecule has 4 heterocycles. The number of nitrogens with zero attached hydrogens (tertiary/aromatic N) is 7. The topological polar surface area (TPSA) is 394 Å². The average molecular weight is 1280 g/mol. The SMILES string of the molecule is CC(C)OC(=O)c1cc(-n2c(=O)cc(C(F)(F)F)n(C)c2=O)ccc1Cl.CCS(=O)(=O)c1cccnc1S(=O)(=O)NC(=O)Nc1nc(OC)cc(OC)n1.O=C(Nc1nc(OC(F)F)cc(OC(F)F)n1)NS(=O)(=O)c1ccccc1C(=O)O. The molecule has 0 aliphatic heterocycles. The number of halogens is 8. The van der Waals surface area contributed by atoms with E-state index in [9.17, 15) is 84.8 Å². The van der Waals surface area contributed by atoms with E-state index in [0.29, 0.717) is 21.3 Å². The van der Waals surface area contributed by atoms with Gasteiger partial charge in [-0.15, -0.1) is 0 Å². The van der Waals surface area contributed by atoms with Crippen LogP contribution in [0.3, 0.4) is 0 Å². The average Bonchev–Trinajstić information content (AvgIpc) is 3.42. The molecule has 0 atom stereocenters. The Morgan fingerprint density at radius 1 is 0.702 bits per heavy atom. The van der Waals surface area contributed by atoms with Crippen LogP contribution in [0.5, 0.6) is 23.5 Å². The van der Waals surface area contributed by atoms with E-state index >= 15 is 0 Å². The van der Waals surface area contributed by atoms with Gasteiger partial charge in [-0.2, -0.15) is 59.1 Å². The van der Waals surface area contributed by atoms with Crippen LogP contribution in [-0.4, -0.2) is 128 Å². The number of alkyl halides is 7. The van der Waals surface area contributed by atoms with Gasteiger partial charge in [-0.05, 0) is 56.3 Å². The van der Waals surface area contributed by atoms with Gasteiger partial charge in [0.25, 0.3) is 25.6 Å². The second-order valence-electron chi connectivity index (χ2n) is 15.7. The number of carboxylic acid groups (broad SMARTS) is 1. The van der Waals surface area contributed by atoms with E-state index < -0.39 is 134 Å². The molecule has 84 heavy (non-hydrogen) atoms. The summed E-state index contributed by atoms with van der Waals surface area (Å²) in [5.74, 6) is -5.76. The summed E-state index contributed by atoms with van der Waals surface area (Å²) >= 11 is 5.94. The molecule has 5 N–H and O–H groups in total. The third-order valence-corrected chi connectivity index (χ3v) is 14.5. The molecule has 0 radical (unpaired) electrons. The monoisotopic (exact) mass is 1280 g/mol. The zero-order valence-electron chi connectivity index (χ0n) is 43.2. The molecule has 4 amide bonds. The predicted octanol–water partition coefficient (Wildman–Crippen LogP) is 4.85. The van der Waals surface area contributed by atoms with Gasteiger partial charge in [0.2, 0.25) is 35.4 Å². The second kappa shape index (κ2) is 28.2. The molecule has 6 aromatic rings. The Bertz CT molecular complexity index is 3870. The van der Waals surface area contributed by atoms with E-state index in [1.807, 2.05) is 0 Å². The lowest BCUT2D eigenvalue weighted by molar-refractivity contribution is -0.144. The van der Waals surface area contributed by atoms with Crippen molar-refractivity contribution in [3.8, 4) is 29.2 Å². The van der Waals surface area contributed by atoms with Gasteiger partial charge in [0.1, 0.15) is 15.5 Å². The zero-order chi connectivity index (χ0) is 63.2. The molecule has 4 aromatic heterocycles. The first-order valence-corrected chi connectivity index (χ1v) is 27.4. The lowest BCUT2D eigenvalue weighted by Crippen LogP contribution is -2.40. The number of aromatic nitrogens is 7. The highest BCUT2D eigenvalue weighted by Crippen LogP contribution is 2.28. The molecule has 29 nitrogen and oxygen atoms in total. The smallest absolute Gasteiger partial charge is 0.431 e. The highest BCUT2D eigenvalue weighted by atomic mass is 35.5. The fraction of sp³-hybridized carbons (Fsp3) is 0.250. The van der Waals surface area contributed by atoms with E-state index in [1.54, 1.807) is 23.9 Å². The number of anilines is 2. The molecule has 0 saturated carbocycles. The summed E-state index contributed by atoms with van der Waals surface area (Å²) in [5, 5.41) is 12.1. The Labute approximate surface area is 472 Å². The third-order valence-electron chi connectivity index (χ3n) is 9.60. The summed E-state index contributed by atoms with van der Waals surface area (Å²) in [6.07, 6.45) is -4.21. The maximum absolute atomic E-state index is 12.9. The second-order valence-corrected chi connectivity index (χ2v) is 21.6. The number of pyridine rings is 1. The number of hydrogen-bond donors (Lipinski definition) is 5. The lowest BCUT2D eigenvalue weighted by Gasteiger charge is -2.15. The quantitative estimate of drug-likeness (QED) is 0.0567. The van der Waals surface area contributed by atoms with Crippen molar-refractivity contribution >= 4 is 77.4 Å². The van der Waals surface area contributed by atoms with Crippen LogP contribution in [0.15, 0.2) is 103 Å². The molecule has 0 saturated heterocycles. The first-order valence-electron chi connectivity index (χ1n) is 22.4. The van der Waals surface area contributed by atoms with Crippen LogP contribution in [0.25, 0.3) is 5.69 Å². The fourth-order valence-corrected chi connectivity index (χ4v) is 9.96. The first kappa shape index (κ1) is 67.3. The minimum absolute atomic E-state index is 0.0104. The number of sulfonamides is 2. The summed E-state index contributed by atoms with van der Waals surface area (Å²) in [6, 6.07) is 9.61. The van der Waals surface area contributed by atoms with Crippen LogP contribution >= 0.6 is 11.6 Å². The number of hydrogen-bond acceptors (Lipinski definition) is 22. The Kier molecular flexibility index (Phi) is 22.5. The molecule has 0 aliphatic carbocycles. The highest BCUT2D eigenvalue weighted by Gasteiger charge is 2.35. The van der Waals surface area contributed by atoms with Crippen LogP contribution < -0.4 is 50.3 Å². The zero-order valence-corrected chi connectivity index (χ0v) is 46.4. The standard InChI is InChI=1S/C16H14ClF3N2O4.C14H10F4N4O7S.C14H17N5O7S2/c1-8(2)26-14(24)10-6-9(4-5-11(10)17)22-13(23)7-12(16(18,19)20)21(3)15(22)25;15-11(16)28-8-5-9(29-12(17)18)20-13(19-8)21-14(25)22-30(26,27)7-4-2-1-3-6(7)10(23)24;1-4-27(21,22)9-6-5-7-15-12(9)28(23,24)19-14(20)18-13-16-10(25-2)8-11(17-13)26-3/h4-8H,1-3H3;1-5,11-12H,(H,23,24)(H2,19,20,21,22,25);5-8H,4H2,1-3H3,(H2,16,17,18,19,20). The number of ether oxygens (including phenoxy) is 5. The van der Waals surface area contributed by atoms with Crippen molar-refractivity contribution in [1.82, 2.24) is 43.5 Å². The Morgan fingerprint density at radius 2 is 1.20 bits per heavy atom. The largest absolute Gasteiger partial charge is 0.481 e. The van der Waals surface area contributed by atoms with Gasteiger partial charge < -0.3 is 28.8 Å². The molecule has 0 fully saturated rings. The number of sulfone groups is 1. The van der Waals surface area contributed by atoms with Crippen molar-refractivity contribution in [2.24, 2.45) is 7.05 Å². The summed E-state index contributed by atoms with van der Waals surface area (Å²) in [6.45, 7) is -2.23. The molecule has 6 rings (SSSR count). The maximum Gasteiger partial charge on any atom is 0.431 e. The van der Waals surface area contributed by atoms with E-state index in [0.717, 1.165) is 37.5 Å². The van der Waals surface area contributed by atoms with Crippen LogP contribution in [-0.2, 0) is 47.8 Å². The minimum atomic E-state index is -4.86. The lowest BCUT2D eigenvalue weighted by atomic mass is 10.2. The maximum atomic E-state index is 12.9. The van der Waals surface area contributed by atoms with E-state index in [-0.39, 0.29) is 39.7 Å². The summed E-state index contributed by atoms with van der Waals surface area (Å²) in [7, 11) is -9.67. The van der Waals surface area contributed by atoms with Gasteiger partial charge in [0.15, 0.2) is 14.9 Å². The number of carbonyl (C=O) groups excluding carboxylic acids is 3. The number of esters is 1. The normalized spacial score (nSPS) is 11.5. The molecule has 40 heteroatoms. The van der Waals surface area contributed by atoms with Gasteiger partial charge in [-0.1, -0.05) is 30.7 Å². The molecule has 454 valence electrons. The number of nitrogens with one attached hydrogen (secondary N) is 4. The Morgan fingerprint density at radius 3 is 1.69 bits per heavy atom. The number of carboxylic acids is 1. The molecule has 0 aliphatic rings. The van der Waals surface area contributed by atoms with Gasteiger partial charge in [0.05, 0.1) is 60.0 Å². The third kappa shape index (κ3) is 18.4. The number of aromatic carboxylic acids is 1. The molecule has 0 bridgehead atoms. The van der Waals surface area contributed by atoms with Crippen molar-refractivity contribution in [2.45, 2.75) is 61.1 Å². The van der Waals surface area contributed by atoms with Crippen molar-refractivity contribution in [3.63, 3.8) is 0 Å². The van der Waals surface area contributed by atoms with Gasteiger partial charge in [-0.25, -0.2) is 59.8 Å². The molecular formula is C44H41ClF7N11O18S3. The number of methoxy groups -OCH3 is 2. The van der Waals surface area contributed by atoms with Crippen molar-refractivity contribution in [1.29, 1.82) is 0 Å². The predicted molar refractivity (Wildman–Crippen MR) is 272 cm³/mol. The van der Waals surface area contributed by atoms with Crippen LogP contribution in [0, 0.1) is 0 Å². The van der Waals surface area contributed by atoms with E-state index in [1.165, 1.54) is 62.3 Å². The van der Waals surface area contributed by atoms with E-state index in [4.69, 9.17) is 30.9 Å². The molecular weight excluding hydrogens is 1240 g/mol. The number of rotatable bonds is 18. The minimum Gasteiger partial charge on any atom is -0.481 e. The highest BCUT2D eigenvalue weighted by molar-refractivity contribution is 7.93. The van der Waals surface area contributed by atoms with Crippen molar-refractivity contribution in [3.05, 3.63) is 122 Å². The Balaban J connectivity index is 0.000000271. The number of amides is 4. The molecule has 2 aromatic carbocycles. The first-order chi connectivity index (χ1) is 39.0. The van der Waals surface area contributed by atoms with Gasteiger partial charge in [-0.3, -0.25) is 20.0 Å². The molecule has 0 unspecified atom stereocenters. The number of urea groups is 2. The fourth-order valence-electron chi connectivity index (χ4n) is 6.10. The van der Waals surface area contributed by atoms with E-state index in [2.05, 4.69) is 39.7 Å². The van der Waals surface area contributed by atoms with Gasteiger partial charge >= 0.3 is 49.1 Å². The van der Waals surface area contributed by atoms with Crippen molar-refractivity contribution in [2.75, 3.05) is 30.6 Å². The summed E-state index contributed by atoms with van der Waals surface area (Å²) < 4.78 is 188. The number of carbonyl (C=O) groups is 4. The summed E-state index contributed by atoms with van der Waals surface area (Å²) in [4.78, 5) is 88.1. The number of benzene rings is 2. The molecule has 0 spiro atoms. The van der Waals surface area contributed by atoms with Crippen LogP contribution in [0.1, 0.15) is 47.2 Å². The summed E-state index contributed by atoms with van der Waals surface area (Å²) in [5.41, 5.74) is -4.65. The van der Waals surface area contributed by atoms with Crippen LogP contribution in [0.2, 0.25) is 5.02 Å². The van der Waals surface area contributed by atoms with Crippen molar-refractivity contribution < 1.29 is 104 Å².